The molecule has 6 heteroatoms. The predicted octanol–water partition coefficient (Wildman–Crippen LogP) is 1.78. The van der Waals surface area contributed by atoms with Crippen LogP contribution < -0.4 is 5.32 Å². The van der Waals surface area contributed by atoms with Gasteiger partial charge in [-0.15, -0.1) is 5.10 Å². The highest BCUT2D eigenvalue weighted by Gasteiger charge is 2.10. The largest absolute Gasteiger partial charge is 0.314 e. The molecule has 1 aromatic heterocycles. The van der Waals surface area contributed by atoms with Gasteiger partial charge in [-0.2, -0.15) is 0 Å². The van der Waals surface area contributed by atoms with Crippen molar-refractivity contribution in [2.45, 2.75) is 6.54 Å². The summed E-state index contributed by atoms with van der Waals surface area (Å²) in [6.07, 6.45) is 1.59. The molecule has 1 aromatic carbocycles. The summed E-state index contributed by atoms with van der Waals surface area (Å²) in [5, 5.41) is 10.9. The number of halogens is 2. The van der Waals surface area contributed by atoms with Crippen LogP contribution in [0.3, 0.4) is 0 Å². The van der Waals surface area contributed by atoms with E-state index in [0.717, 1.165) is 5.69 Å². The Morgan fingerprint density at radius 2 is 2.31 bits per heavy atom. The van der Waals surface area contributed by atoms with Crippen molar-refractivity contribution in [1.82, 2.24) is 20.3 Å². The van der Waals surface area contributed by atoms with Gasteiger partial charge >= 0.3 is 0 Å². The summed E-state index contributed by atoms with van der Waals surface area (Å²) in [5.74, 6) is -0.421. The molecule has 0 aliphatic heterocycles. The van der Waals surface area contributed by atoms with Crippen molar-refractivity contribution in [3.8, 4) is 5.69 Å². The molecule has 0 saturated heterocycles. The summed E-state index contributed by atoms with van der Waals surface area (Å²) in [5.41, 5.74) is 1.12. The van der Waals surface area contributed by atoms with Gasteiger partial charge in [0.05, 0.1) is 11.9 Å². The van der Waals surface area contributed by atoms with Gasteiger partial charge in [-0.1, -0.05) is 16.8 Å². The minimum atomic E-state index is -0.421. The molecular weight excluding hydrogens is 231 g/mol. The van der Waals surface area contributed by atoms with Crippen molar-refractivity contribution in [3.63, 3.8) is 0 Å². The fraction of sp³-hybridized carbons (Fsp3) is 0.200. The molecule has 0 amide bonds. The molecule has 2 rings (SSSR count). The molecular formula is C10H10ClFN4. The van der Waals surface area contributed by atoms with Crippen molar-refractivity contribution in [3.05, 3.63) is 40.9 Å². The van der Waals surface area contributed by atoms with Crippen molar-refractivity contribution in [2.75, 3.05) is 7.05 Å². The van der Waals surface area contributed by atoms with Crippen LogP contribution in [-0.4, -0.2) is 22.0 Å². The average Bonchev–Trinajstić information content (AvgIpc) is 2.67. The summed E-state index contributed by atoms with van der Waals surface area (Å²) < 4.78 is 15.1. The molecule has 2 aromatic rings. The predicted molar refractivity (Wildman–Crippen MR) is 59.1 cm³/mol. The number of benzene rings is 1. The molecule has 0 aliphatic carbocycles. The SMILES string of the molecule is CNCc1cnnn1-c1ccc(Cl)cc1F. The van der Waals surface area contributed by atoms with Crippen molar-refractivity contribution in [1.29, 1.82) is 0 Å². The Morgan fingerprint density at radius 1 is 1.50 bits per heavy atom. The first-order valence-corrected chi connectivity index (χ1v) is 5.10. The second-order valence-corrected chi connectivity index (χ2v) is 3.70. The Kier molecular flexibility index (Phi) is 3.17. The van der Waals surface area contributed by atoms with Gasteiger partial charge in [0.1, 0.15) is 11.5 Å². The van der Waals surface area contributed by atoms with Crippen LogP contribution in [0.1, 0.15) is 5.69 Å². The van der Waals surface area contributed by atoms with Gasteiger partial charge in [0.2, 0.25) is 0 Å². The van der Waals surface area contributed by atoms with Crippen LogP contribution in [0.2, 0.25) is 5.02 Å². The first-order chi connectivity index (χ1) is 7.72. The normalized spacial score (nSPS) is 10.7. The Morgan fingerprint density at radius 3 is 3.00 bits per heavy atom. The highest BCUT2D eigenvalue weighted by Crippen LogP contribution is 2.18. The second kappa shape index (κ2) is 4.59. The number of rotatable bonds is 3. The monoisotopic (exact) mass is 240 g/mol. The topological polar surface area (TPSA) is 42.7 Å². The zero-order valence-electron chi connectivity index (χ0n) is 8.61. The van der Waals surface area contributed by atoms with Crippen molar-refractivity contribution < 1.29 is 4.39 Å². The molecule has 0 radical (unpaired) electrons. The van der Waals surface area contributed by atoms with Gasteiger partial charge in [-0.3, -0.25) is 0 Å². The number of hydrogen-bond acceptors (Lipinski definition) is 3. The van der Waals surface area contributed by atoms with E-state index in [1.54, 1.807) is 25.4 Å². The molecule has 0 bridgehead atoms. The van der Waals surface area contributed by atoms with Crippen LogP contribution >= 0.6 is 11.6 Å². The van der Waals surface area contributed by atoms with E-state index in [1.807, 2.05) is 0 Å². The number of nitrogens with zero attached hydrogens (tertiary/aromatic N) is 3. The maximum absolute atomic E-state index is 13.6. The minimum absolute atomic E-state index is 0.340. The maximum atomic E-state index is 13.6. The van der Waals surface area contributed by atoms with E-state index in [0.29, 0.717) is 17.3 Å². The standard InChI is InChI=1S/C10H10ClFN4/c1-13-5-8-6-14-15-16(8)10-3-2-7(11)4-9(10)12/h2-4,6,13H,5H2,1H3. The fourth-order valence-electron chi connectivity index (χ4n) is 1.41. The molecule has 0 unspecified atom stereocenters. The molecule has 84 valence electrons. The number of hydrogen-bond donors (Lipinski definition) is 1. The second-order valence-electron chi connectivity index (χ2n) is 3.26. The lowest BCUT2D eigenvalue weighted by Gasteiger charge is -2.06. The highest BCUT2D eigenvalue weighted by atomic mass is 35.5. The molecule has 0 spiro atoms. The van der Waals surface area contributed by atoms with E-state index < -0.39 is 5.82 Å². The van der Waals surface area contributed by atoms with Crippen LogP contribution in [-0.2, 0) is 6.54 Å². The third-order valence-electron chi connectivity index (χ3n) is 2.12. The van der Waals surface area contributed by atoms with Gasteiger partial charge < -0.3 is 5.32 Å². The Hall–Kier alpha value is -1.46. The first-order valence-electron chi connectivity index (χ1n) is 4.72. The van der Waals surface area contributed by atoms with Crippen LogP contribution in [0.15, 0.2) is 24.4 Å². The lowest BCUT2D eigenvalue weighted by molar-refractivity contribution is 0.599. The zero-order chi connectivity index (χ0) is 11.5. The molecule has 0 saturated carbocycles. The third-order valence-corrected chi connectivity index (χ3v) is 2.35. The molecule has 0 fully saturated rings. The average molecular weight is 241 g/mol. The molecule has 1 N–H and O–H groups in total. The van der Waals surface area contributed by atoms with Gasteiger partial charge in [-0.05, 0) is 25.2 Å². The van der Waals surface area contributed by atoms with Crippen LogP contribution in [0.25, 0.3) is 5.69 Å². The van der Waals surface area contributed by atoms with E-state index in [1.165, 1.54) is 10.7 Å². The van der Waals surface area contributed by atoms with E-state index >= 15 is 0 Å². The van der Waals surface area contributed by atoms with E-state index in [-0.39, 0.29) is 0 Å². The fourth-order valence-corrected chi connectivity index (χ4v) is 1.57. The van der Waals surface area contributed by atoms with E-state index in [4.69, 9.17) is 11.6 Å². The number of nitrogens with one attached hydrogen (secondary N) is 1. The molecule has 1 heterocycles. The highest BCUT2D eigenvalue weighted by molar-refractivity contribution is 6.30. The van der Waals surface area contributed by atoms with Gasteiger partial charge in [0, 0.05) is 11.6 Å². The van der Waals surface area contributed by atoms with Crippen LogP contribution in [0.4, 0.5) is 4.39 Å². The van der Waals surface area contributed by atoms with Crippen LogP contribution in [0, 0.1) is 5.82 Å². The van der Waals surface area contributed by atoms with Gasteiger partial charge in [-0.25, -0.2) is 9.07 Å². The zero-order valence-corrected chi connectivity index (χ0v) is 9.37. The Bertz CT molecular complexity index is 497. The summed E-state index contributed by atoms with van der Waals surface area (Å²) in [6.45, 7) is 0.565. The third kappa shape index (κ3) is 2.05. The summed E-state index contributed by atoms with van der Waals surface area (Å²) in [7, 11) is 1.80. The summed E-state index contributed by atoms with van der Waals surface area (Å²) in [6, 6.07) is 4.44. The molecule has 16 heavy (non-hydrogen) atoms. The summed E-state index contributed by atoms with van der Waals surface area (Å²) >= 11 is 5.68. The number of aromatic nitrogens is 3. The quantitative estimate of drug-likeness (QED) is 0.889. The molecule has 0 aliphatic rings. The van der Waals surface area contributed by atoms with E-state index in [9.17, 15) is 4.39 Å². The lowest BCUT2D eigenvalue weighted by Crippen LogP contribution is -2.11. The van der Waals surface area contributed by atoms with Gasteiger partial charge in [0.25, 0.3) is 0 Å². The Labute approximate surface area is 97.0 Å². The smallest absolute Gasteiger partial charge is 0.150 e. The molecule has 4 nitrogen and oxygen atoms in total. The Balaban J connectivity index is 2.46. The van der Waals surface area contributed by atoms with Crippen LogP contribution in [0.5, 0.6) is 0 Å². The van der Waals surface area contributed by atoms with Gasteiger partial charge in [0.15, 0.2) is 0 Å². The molecule has 0 atom stereocenters. The first kappa shape index (κ1) is 11.0. The lowest BCUT2D eigenvalue weighted by atomic mass is 10.3. The minimum Gasteiger partial charge on any atom is -0.314 e. The van der Waals surface area contributed by atoms with Crippen molar-refractivity contribution >= 4 is 11.6 Å². The van der Waals surface area contributed by atoms with Crippen molar-refractivity contribution in [2.24, 2.45) is 0 Å². The van der Waals surface area contributed by atoms with E-state index in [2.05, 4.69) is 15.6 Å². The summed E-state index contributed by atoms with van der Waals surface area (Å²) in [4.78, 5) is 0. The maximum Gasteiger partial charge on any atom is 0.150 e.